The zero-order valence-electron chi connectivity index (χ0n) is 23.3. The van der Waals surface area contributed by atoms with Crippen molar-refractivity contribution in [1.29, 1.82) is 5.26 Å². The fourth-order valence-electron chi connectivity index (χ4n) is 4.53. The fourth-order valence-corrected chi connectivity index (χ4v) is 4.70. The van der Waals surface area contributed by atoms with Gasteiger partial charge in [-0.2, -0.15) is 5.26 Å². The summed E-state index contributed by atoms with van der Waals surface area (Å²) in [6, 6.07) is 14.9. The number of fused-ring (bicyclic) bond motifs is 1. The molecule has 2 aliphatic rings. The number of benzene rings is 2. The molecule has 3 aromatic rings. The van der Waals surface area contributed by atoms with Gasteiger partial charge in [0.15, 0.2) is 0 Å². The van der Waals surface area contributed by atoms with E-state index in [1.807, 2.05) is 37.5 Å². The van der Waals surface area contributed by atoms with Crippen LogP contribution in [0.2, 0.25) is 5.02 Å². The number of carbonyl (C=O) groups is 1. The van der Waals surface area contributed by atoms with Gasteiger partial charge >= 0.3 is 6.03 Å². The fraction of sp³-hybridized carbons (Fsp3) is 0.250. The summed E-state index contributed by atoms with van der Waals surface area (Å²) >= 11 is 6.25. The van der Waals surface area contributed by atoms with Crippen molar-refractivity contribution in [1.82, 2.24) is 19.8 Å². The van der Waals surface area contributed by atoms with E-state index in [-0.39, 0.29) is 6.03 Å². The number of rotatable bonds is 5. The van der Waals surface area contributed by atoms with Gasteiger partial charge in [0.2, 0.25) is 0 Å². The van der Waals surface area contributed by atoms with Crippen LogP contribution in [0, 0.1) is 18.3 Å². The number of urea groups is 1. The molecule has 2 amide bonds. The van der Waals surface area contributed by atoms with E-state index in [1.165, 1.54) is 22.3 Å². The Balaban J connectivity index is 0.000000201. The maximum Gasteiger partial charge on any atom is 0.321 e. The Bertz CT molecular complexity index is 1500. The van der Waals surface area contributed by atoms with Crippen LogP contribution in [-0.4, -0.2) is 59.9 Å². The summed E-state index contributed by atoms with van der Waals surface area (Å²) < 4.78 is 2.15. The summed E-state index contributed by atoms with van der Waals surface area (Å²) in [5.74, 6) is 1.00. The Hall–Kier alpha value is -4.45. The van der Waals surface area contributed by atoms with Crippen molar-refractivity contribution in [3.05, 3.63) is 112 Å². The van der Waals surface area contributed by atoms with Crippen molar-refractivity contribution in [3.63, 3.8) is 0 Å². The van der Waals surface area contributed by atoms with Crippen LogP contribution in [0.3, 0.4) is 0 Å². The highest BCUT2D eigenvalue weighted by atomic mass is 35.5. The molecule has 0 radical (unpaired) electrons. The van der Waals surface area contributed by atoms with E-state index in [1.54, 1.807) is 42.4 Å². The van der Waals surface area contributed by atoms with E-state index < -0.39 is 0 Å². The Morgan fingerprint density at radius 3 is 2.68 bits per heavy atom. The lowest BCUT2D eigenvalue weighted by molar-refractivity contribution is 0.204. The molecule has 1 saturated heterocycles. The predicted molar refractivity (Wildman–Crippen MR) is 166 cm³/mol. The van der Waals surface area contributed by atoms with Crippen molar-refractivity contribution < 1.29 is 4.79 Å². The number of aryl methyl sites for hydroxylation is 1. The van der Waals surface area contributed by atoms with E-state index in [4.69, 9.17) is 16.9 Å². The van der Waals surface area contributed by atoms with Crippen LogP contribution in [-0.2, 0) is 13.0 Å². The number of halogens is 1. The van der Waals surface area contributed by atoms with Crippen LogP contribution in [0.15, 0.2) is 89.7 Å². The lowest BCUT2D eigenvalue weighted by atomic mass is 9.98. The van der Waals surface area contributed by atoms with Crippen LogP contribution in [0.1, 0.15) is 22.5 Å². The Morgan fingerprint density at radius 2 is 2.00 bits per heavy atom. The van der Waals surface area contributed by atoms with Gasteiger partial charge in [0.25, 0.3) is 0 Å². The minimum absolute atomic E-state index is 0.0868. The van der Waals surface area contributed by atoms with Gasteiger partial charge in [-0.15, -0.1) is 0 Å². The number of piperazine rings is 1. The van der Waals surface area contributed by atoms with Gasteiger partial charge in [-0.3, -0.25) is 4.99 Å². The normalized spacial score (nSPS) is 14.8. The summed E-state index contributed by atoms with van der Waals surface area (Å²) in [6.45, 7) is 5.91. The standard InChI is InChI=1S/C20H20ClN3.C12H14N4O/c1-15-23-10-11-24(15)14-18-12-16(4-3-9-22-2)5-6-17-7-8-19(21)13-20(17)18;13-9-10-1-3-11(4-2-10)15-12(17)16-7-5-14-6-8-16/h3-5,7-13H,6,14H2,1-2H3;1-4,14H,5-8H2,(H,15,17)/b4-3-,22-9?;. The topological polar surface area (TPSA) is 98.3 Å². The quantitative estimate of drug-likeness (QED) is 0.388. The van der Waals surface area contributed by atoms with Gasteiger partial charge in [0.1, 0.15) is 5.82 Å². The maximum atomic E-state index is 11.8. The largest absolute Gasteiger partial charge is 0.331 e. The summed E-state index contributed by atoms with van der Waals surface area (Å²) in [7, 11) is 1.77. The molecule has 1 aliphatic heterocycles. The Morgan fingerprint density at radius 1 is 1.22 bits per heavy atom. The number of nitrogens with zero attached hydrogens (tertiary/aromatic N) is 5. The molecule has 8 nitrogen and oxygen atoms in total. The van der Waals surface area contributed by atoms with E-state index in [0.29, 0.717) is 11.3 Å². The van der Waals surface area contributed by atoms with Crippen LogP contribution < -0.4 is 10.6 Å². The van der Waals surface area contributed by atoms with E-state index in [2.05, 4.69) is 55.5 Å². The predicted octanol–water partition coefficient (Wildman–Crippen LogP) is 5.66. The number of nitriles is 1. The molecule has 1 aliphatic carbocycles. The molecule has 41 heavy (non-hydrogen) atoms. The Labute approximate surface area is 246 Å². The number of nitrogens with one attached hydrogen (secondary N) is 2. The number of aromatic nitrogens is 2. The van der Waals surface area contributed by atoms with Crippen molar-refractivity contribution in [2.24, 2.45) is 4.99 Å². The summed E-state index contributed by atoms with van der Waals surface area (Å²) in [5, 5.41) is 15.4. The summed E-state index contributed by atoms with van der Waals surface area (Å²) in [5.41, 5.74) is 6.21. The first kappa shape index (κ1) is 29.5. The zero-order valence-corrected chi connectivity index (χ0v) is 24.1. The highest BCUT2D eigenvalue weighted by Gasteiger charge is 2.16. The lowest BCUT2D eigenvalue weighted by Crippen LogP contribution is -2.48. The first-order chi connectivity index (χ1) is 20.0. The molecule has 5 rings (SSSR count). The molecule has 2 N–H and O–H groups in total. The molecule has 0 atom stereocenters. The maximum absolute atomic E-state index is 11.8. The summed E-state index contributed by atoms with van der Waals surface area (Å²) in [4.78, 5) is 21.9. The van der Waals surface area contributed by atoms with Gasteiger partial charge < -0.3 is 20.1 Å². The van der Waals surface area contributed by atoms with E-state index >= 15 is 0 Å². The number of amides is 2. The first-order valence-corrected chi connectivity index (χ1v) is 13.9. The average molecular weight is 568 g/mol. The van der Waals surface area contributed by atoms with Crippen molar-refractivity contribution in [2.45, 2.75) is 19.9 Å². The molecule has 2 aromatic carbocycles. The second-order valence-electron chi connectivity index (χ2n) is 9.60. The molecule has 1 fully saturated rings. The molecule has 0 spiro atoms. The van der Waals surface area contributed by atoms with Gasteiger partial charge in [-0.1, -0.05) is 29.8 Å². The van der Waals surface area contributed by atoms with Gasteiger partial charge in [-0.05, 0) is 84.2 Å². The Kier molecular flexibility index (Phi) is 10.7. The molecule has 0 saturated carbocycles. The molecular formula is C32H34ClN7O. The summed E-state index contributed by atoms with van der Waals surface area (Å²) in [6.07, 6.45) is 15.0. The SMILES string of the molecule is CN=C/C=C\C1=CCc2ccc(Cl)cc2C(Cn2ccnc2C)=C1.N#Cc1ccc(NC(=O)N2CCNCC2)cc1. The molecular weight excluding hydrogens is 534 g/mol. The number of carbonyl (C=O) groups excluding carboxylic acids is 1. The average Bonchev–Trinajstić information content (AvgIpc) is 3.32. The first-order valence-electron chi connectivity index (χ1n) is 13.5. The molecule has 0 bridgehead atoms. The molecule has 210 valence electrons. The van der Waals surface area contributed by atoms with Crippen LogP contribution >= 0.6 is 11.6 Å². The van der Waals surface area contributed by atoms with Gasteiger partial charge in [0, 0.05) is 69.1 Å². The van der Waals surface area contributed by atoms with E-state index in [9.17, 15) is 4.79 Å². The number of hydrogen-bond donors (Lipinski definition) is 2. The minimum atomic E-state index is -0.0868. The minimum Gasteiger partial charge on any atom is -0.331 e. The molecule has 9 heteroatoms. The van der Waals surface area contributed by atoms with E-state index in [0.717, 1.165) is 50.0 Å². The molecule has 0 unspecified atom stereocenters. The number of hydrogen-bond acceptors (Lipinski definition) is 5. The number of aliphatic imine (C=N–C) groups is 1. The molecule has 1 aromatic heterocycles. The third-order valence-electron chi connectivity index (χ3n) is 6.77. The van der Waals surface area contributed by atoms with Crippen LogP contribution in [0.5, 0.6) is 0 Å². The lowest BCUT2D eigenvalue weighted by Gasteiger charge is -2.27. The highest BCUT2D eigenvalue weighted by Crippen LogP contribution is 2.30. The monoisotopic (exact) mass is 567 g/mol. The van der Waals surface area contributed by atoms with Crippen molar-refractivity contribution >= 4 is 35.1 Å². The third kappa shape index (κ3) is 8.52. The van der Waals surface area contributed by atoms with Crippen LogP contribution in [0.25, 0.3) is 5.57 Å². The molecule has 2 heterocycles. The van der Waals surface area contributed by atoms with Gasteiger partial charge in [0.05, 0.1) is 11.6 Å². The van der Waals surface area contributed by atoms with Gasteiger partial charge in [-0.25, -0.2) is 9.78 Å². The smallest absolute Gasteiger partial charge is 0.321 e. The second kappa shape index (κ2) is 14.8. The highest BCUT2D eigenvalue weighted by molar-refractivity contribution is 6.30. The van der Waals surface area contributed by atoms with Crippen molar-refractivity contribution in [3.8, 4) is 6.07 Å². The second-order valence-corrected chi connectivity index (χ2v) is 10.0. The number of anilines is 1. The zero-order chi connectivity index (χ0) is 29.0. The third-order valence-corrected chi connectivity index (χ3v) is 7.01. The number of allylic oxidation sites excluding steroid dienone is 6. The number of imidazole rings is 1. The van der Waals surface area contributed by atoms with Crippen molar-refractivity contribution in [2.75, 3.05) is 38.5 Å². The van der Waals surface area contributed by atoms with Crippen LogP contribution in [0.4, 0.5) is 10.5 Å².